The van der Waals surface area contributed by atoms with E-state index in [0.29, 0.717) is 19.4 Å². The third-order valence-electron chi connectivity index (χ3n) is 3.62. The van der Waals surface area contributed by atoms with Gasteiger partial charge >= 0.3 is 11.9 Å². The number of hydrogen-bond acceptors (Lipinski definition) is 4. The highest BCUT2D eigenvalue weighted by Crippen LogP contribution is 2.34. The predicted octanol–water partition coefficient (Wildman–Crippen LogP) is 1.38. The Morgan fingerprint density at radius 1 is 1.35 bits per heavy atom. The lowest BCUT2D eigenvalue weighted by molar-refractivity contribution is -0.149. The molecular formula is C14H17NO5. The fourth-order valence-electron chi connectivity index (χ4n) is 2.71. The Morgan fingerprint density at radius 2 is 2.05 bits per heavy atom. The van der Waals surface area contributed by atoms with E-state index in [-0.39, 0.29) is 11.3 Å². The number of aryl methyl sites for hydroxylation is 1. The van der Waals surface area contributed by atoms with E-state index < -0.39 is 24.0 Å². The van der Waals surface area contributed by atoms with Gasteiger partial charge in [0.25, 0.3) is 0 Å². The first-order valence-corrected chi connectivity index (χ1v) is 6.42. The molecule has 1 fully saturated rings. The summed E-state index contributed by atoms with van der Waals surface area (Å²) in [4.78, 5) is 24.2. The molecular weight excluding hydrogens is 262 g/mol. The number of phenols is 1. The van der Waals surface area contributed by atoms with E-state index in [4.69, 9.17) is 0 Å². The van der Waals surface area contributed by atoms with Crippen LogP contribution in [0, 0.1) is 6.92 Å². The van der Waals surface area contributed by atoms with Crippen LogP contribution in [0.25, 0.3) is 0 Å². The molecule has 2 unspecified atom stereocenters. The lowest BCUT2D eigenvalue weighted by Crippen LogP contribution is -2.41. The predicted molar refractivity (Wildman–Crippen MR) is 70.6 cm³/mol. The summed E-state index contributed by atoms with van der Waals surface area (Å²) in [6, 6.07) is 2.74. The molecule has 1 heterocycles. The Balaban J connectivity index is 2.43. The number of carbonyl (C=O) groups is 2. The number of carboxylic acid groups (broad SMARTS) is 2. The number of nitrogens with zero attached hydrogens (tertiary/aromatic N) is 1. The Hall–Kier alpha value is -2.08. The first-order valence-electron chi connectivity index (χ1n) is 6.42. The van der Waals surface area contributed by atoms with Gasteiger partial charge in [0.1, 0.15) is 17.8 Å². The van der Waals surface area contributed by atoms with E-state index in [1.807, 2.05) is 0 Å². The third-order valence-corrected chi connectivity index (χ3v) is 3.62. The monoisotopic (exact) mass is 279 g/mol. The van der Waals surface area contributed by atoms with Crippen molar-refractivity contribution in [2.45, 2.75) is 31.8 Å². The van der Waals surface area contributed by atoms with Crippen LogP contribution in [0.3, 0.4) is 0 Å². The number of aromatic hydroxyl groups is 1. The van der Waals surface area contributed by atoms with Gasteiger partial charge in [0.05, 0.1) is 0 Å². The second-order valence-corrected chi connectivity index (χ2v) is 5.04. The van der Waals surface area contributed by atoms with Crippen LogP contribution in [-0.4, -0.2) is 44.7 Å². The second-order valence-electron chi connectivity index (χ2n) is 5.04. The zero-order valence-corrected chi connectivity index (χ0v) is 11.1. The van der Waals surface area contributed by atoms with Crippen molar-refractivity contribution < 1.29 is 24.9 Å². The van der Waals surface area contributed by atoms with Crippen LogP contribution in [-0.2, 0) is 9.59 Å². The molecule has 0 aromatic heterocycles. The molecule has 20 heavy (non-hydrogen) atoms. The number of rotatable bonds is 4. The first kappa shape index (κ1) is 14.3. The maximum absolute atomic E-state index is 11.6. The van der Waals surface area contributed by atoms with E-state index in [2.05, 4.69) is 0 Å². The summed E-state index contributed by atoms with van der Waals surface area (Å²) >= 11 is 0. The lowest BCUT2D eigenvalue weighted by Gasteiger charge is -2.28. The number of likely N-dealkylation sites (tertiary alicyclic amines) is 1. The highest BCUT2D eigenvalue weighted by Gasteiger charge is 2.40. The van der Waals surface area contributed by atoms with Crippen molar-refractivity contribution in [2.75, 3.05) is 6.54 Å². The summed E-state index contributed by atoms with van der Waals surface area (Å²) in [7, 11) is 0. The van der Waals surface area contributed by atoms with Gasteiger partial charge in [-0.25, -0.2) is 0 Å². The van der Waals surface area contributed by atoms with Crippen LogP contribution >= 0.6 is 0 Å². The molecule has 0 aliphatic carbocycles. The Morgan fingerprint density at radius 3 is 2.65 bits per heavy atom. The topological polar surface area (TPSA) is 98.1 Å². The molecule has 0 radical (unpaired) electrons. The number of carboxylic acids is 2. The Kier molecular flexibility index (Phi) is 3.94. The minimum absolute atomic E-state index is 0.126. The van der Waals surface area contributed by atoms with Gasteiger partial charge in [-0.2, -0.15) is 0 Å². The summed E-state index contributed by atoms with van der Waals surface area (Å²) in [5, 5.41) is 28.5. The zero-order valence-electron chi connectivity index (χ0n) is 11.1. The van der Waals surface area contributed by atoms with Gasteiger partial charge in [-0.15, -0.1) is 0 Å². The quantitative estimate of drug-likeness (QED) is 0.770. The second kappa shape index (κ2) is 5.50. The van der Waals surface area contributed by atoms with Gasteiger partial charge in [-0.3, -0.25) is 14.5 Å². The number of hydrogen-bond donors (Lipinski definition) is 3. The maximum atomic E-state index is 11.6. The highest BCUT2D eigenvalue weighted by atomic mass is 16.4. The lowest BCUT2D eigenvalue weighted by atomic mass is 10.0. The smallest absolute Gasteiger partial charge is 0.325 e. The molecule has 0 bridgehead atoms. The molecule has 1 saturated heterocycles. The molecule has 108 valence electrons. The molecule has 6 nitrogen and oxygen atoms in total. The van der Waals surface area contributed by atoms with Crippen LogP contribution in [0.15, 0.2) is 18.2 Å². The van der Waals surface area contributed by atoms with Crippen LogP contribution in [0.2, 0.25) is 0 Å². The van der Waals surface area contributed by atoms with Crippen LogP contribution in [0.5, 0.6) is 5.75 Å². The van der Waals surface area contributed by atoms with Gasteiger partial charge in [-0.1, -0.05) is 17.7 Å². The van der Waals surface area contributed by atoms with E-state index in [0.717, 1.165) is 5.56 Å². The van der Waals surface area contributed by atoms with Gasteiger partial charge in [-0.05, 0) is 25.8 Å². The molecule has 0 spiro atoms. The van der Waals surface area contributed by atoms with Crippen LogP contribution < -0.4 is 0 Å². The largest absolute Gasteiger partial charge is 0.508 e. The molecule has 3 N–H and O–H groups in total. The van der Waals surface area contributed by atoms with Gasteiger partial charge in [0.15, 0.2) is 0 Å². The summed E-state index contributed by atoms with van der Waals surface area (Å²) in [5.41, 5.74) is 1.06. The molecule has 6 heteroatoms. The summed E-state index contributed by atoms with van der Waals surface area (Å²) in [5.74, 6) is -2.31. The Labute approximate surface area is 116 Å². The fraction of sp³-hybridized carbons (Fsp3) is 0.429. The number of aliphatic carboxylic acids is 2. The van der Waals surface area contributed by atoms with Crippen LogP contribution in [0.1, 0.15) is 30.0 Å². The summed E-state index contributed by atoms with van der Waals surface area (Å²) < 4.78 is 0. The third kappa shape index (κ3) is 2.60. The molecule has 1 aromatic carbocycles. The summed E-state index contributed by atoms with van der Waals surface area (Å²) in [6.07, 6.45) is 1.05. The van der Waals surface area contributed by atoms with Crippen molar-refractivity contribution >= 4 is 11.9 Å². The minimum Gasteiger partial charge on any atom is -0.508 e. The van der Waals surface area contributed by atoms with E-state index in [1.54, 1.807) is 19.1 Å². The van der Waals surface area contributed by atoms with Gasteiger partial charge < -0.3 is 15.3 Å². The minimum atomic E-state index is -1.15. The van der Waals surface area contributed by atoms with E-state index in [1.165, 1.54) is 11.0 Å². The van der Waals surface area contributed by atoms with Gasteiger partial charge in [0.2, 0.25) is 0 Å². The average molecular weight is 279 g/mol. The van der Waals surface area contributed by atoms with Gasteiger partial charge in [0, 0.05) is 12.1 Å². The van der Waals surface area contributed by atoms with Crippen molar-refractivity contribution in [3.8, 4) is 5.75 Å². The SMILES string of the molecule is Cc1ccc(O)c(C(C(=O)O)N2CCCC2C(=O)O)c1. The van der Waals surface area contributed by atoms with Crippen molar-refractivity contribution in [2.24, 2.45) is 0 Å². The molecule has 2 rings (SSSR count). The average Bonchev–Trinajstić information content (AvgIpc) is 2.82. The van der Waals surface area contributed by atoms with Crippen molar-refractivity contribution in [3.63, 3.8) is 0 Å². The maximum Gasteiger partial charge on any atom is 0.325 e. The van der Waals surface area contributed by atoms with Crippen molar-refractivity contribution in [1.29, 1.82) is 0 Å². The number of phenolic OH excluding ortho intramolecular Hbond substituents is 1. The first-order chi connectivity index (χ1) is 9.41. The molecule has 1 aliphatic heterocycles. The molecule has 1 aliphatic rings. The normalized spacial score (nSPS) is 20.8. The zero-order chi connectivity index (χ0) is 14.9. The standard InChI is InChI=1S/C14H17NO5/c1-8-4-5-11(16)9(7-8)12(14(19)20)15-6-2-3-10(15)13(17)18/h4-5,7,10,12,16H,2-3,6H2,1H3,(H,17,18)(H,19,20). The Bertz CT molecular complexity index is 542. The molecule has 2 atom stereocenters. The van der Waals surface area contributed by atoms with E-state index in [9.17, 15) is 24.9 Å². The molecule has 0 amide bonds. The van der Waals surface area contributed by atoms with E-state index >= 15 is 0 Å². The highest BCUT2D eigenvalue weighted by molar-refractivity contribution is 5.80. The van der Waals surface area contributed by atoms with Crippen molar-refractivity contribution in [3.05, 3.63) is 29.3 Å². The summed E-state index contributed by atoms with van der Waals surface area (Å²) in [6.45, 7) is 2.18. The molecule has 0 saturated carbocycles. The number of benzene rings is 1. The fourth-order valence-corrected chi connectivity index (χ4v) is 2.71. The van der Waals surface area contributed by atoms with Crippen molar-refractivity contribution in [1.82, 2.24) is 4.90 Å². The van der Waals surface area contributed by atoms with Crippen LogP contribution in [0.4, 0.5) is 0 Å². The molecule has 1 aromatic rings.